The maximum Gasteiger partial charge on any atom is 0.319 e. The van der Waals surface area contributed by atoms with Crippen molar-refractivity contribution >= 4 is 11.8 Å². The van der Waals surface area contributed by atoms with Crippen LogP contribution < -0.4 is 20.1 Å². The highest BCUT2D eigenvalue weighted by molar-refractivity contribution is 6.11. The van der Waals surface area contributed by atoms with Crippen molar-refractivity contribution in [3.8, 4) is 11.5 Å². The Labute approximate surface area is 191 Å². The number of methoxy groups -OCH3 is 1. The van der Waals surface area contributed by atoms with Crippen molar-refractivity contribution < 1.29 is 23.5 Å². The molecule has 6 nitrogen and oxygen atoms in total. The number of carbonyl (C=O) groups excluding carboxylic acids is 2. The number of benzene rings is 3. The first-order chi connectivity index (χ1) is 16.0. The standard InChI is InChI=1S/C26H23FN2O4/c1-16-23(25(30)18-6-4-3-5-7-18)24(29-26(31)28-16)19-10-13-21(22(14-19)32-2)33-15-17-8-11-20(27)12-9-17/h3-14,24H,15H2,1-2H3,(H2,28,29,31)/t24-/m1/s1. The molecule has 0 unspecified atom stereocenters. The smallest absolute Gasteiger partial charge is 0.319 e. The van der Waals surface area contributed by atoms with E-state index in [9.17, 15) is 14.0 Å². The Morgan fingerprint density at radius 2 is 1.73 bits per heavy atom. The van der Waals surface area contributed by atoms with Crippen LogP contribution in [-0.4, -0.2) is 18.9 Å². The second-order valence-electron chi connectivity index (χ2n) is 7.59. The van der Waals surface area contributed by atoms with E-state index in [2.05, 4.69) is 10.6 Å². The van der Waals surface area contributed by atoms with E-state index in [0.717, 1.165) is 5.56 Å². The molecular weight excluding hydrogens is 423 g/mol. The number of hydrogen-bond donors (Lipinski definition) is 2. The van der Waals surface area contributed by atoms with Gasteiger partial charge in [-0.05, 0) is 42.3 Å². The molecule has 0 radical (unpaired) electrons. The fourth-order valence-electron chi connectivity index (χ4n) is 3.71. The monoisotopic (exact) mass is 446 g/mol. The maximum atomic E-state index is 13.3. The molecular formula is C26H23FN2O4. The highest BCUT2D eigenvalue weighted by Gasteiger charge is 2.32. The molecule has 0 aliphatic carbocycles. The summed E-state index contributed by atoms with van der Waals surface area (Å²) < 4.78 is 24.5. The molecule has 0 spiro atoms. The fourth-order valence-corrected chi connectivity index (χ4v) is 3.71. The van der Waals surface area contributed by atoms with Gasteiger partial charge in [0.15, 0.2) is 17.3 Å². The number of urea groups is 1. The summed E-state index contributed by atoms with van der Waals surface area (Å²) in [6.07, 6.45) is 0. The van der Waals surface area contributed by atoms with Gasteiger partial charge in [0.1, 0.15) is 12.4 Å². The minimum absolute atomic E-state index is 0.179. The van der Waals surface area contributed by atoms with Gasteiger partial charge in [-0.3, -0.25) is 4.79 Å². The Balaban J connectivity index is 1.63. The number of ether oxygens (including phenoxy) is 2. The summed E-state index contributed by atoms with van der Waals surface area (Å²) in [7, 11) is 1.52. The largest absolute Gasteiger partial charge is 0.493 e. The Morgan fingerprint density at radius 1 is 1.00 bits per heavy atom. The fraction of sp³-hybridized carbons (Fsp3) is 0.154. The number of carbonyl (C=O) groups is 2. The number of hydrogen-bond acceptors (Lipinski definition) is 4. The number of halogens is 1. The molecule has 0 saturated carbocycles. The second-order valence-corrected chi connectivity index (χ2v) is 7.59. The van der Waals surface area contributed by atoms with Crippen LogP contribution in [0.1, 0.15) is 34.5 Å². The molecule has 168 valence electrons. The Morgan fingerprint density at radius 3 is 2.42 bits per heavy atom. The molecule has 1 aliphatic rings. The Bertz CT molecular complexity index is 1210. The third-order valence-corrected chi connectivity index (χ3v) is 5.38. The van der Waals surface area contributed by atoms with Gasteiger partial charge in [0.25, 0.3) is 0 Å². The van der Waals surface area contributed by atoms with Crippen molar-refractivity contribution in [2.45, 2.75) is 19.6 Å². The molecule has 0 saturated heterocycles. The molecule has 1 aliphatic heterocycles. The zero-order valence-corrected chi connectivity index (χ0v) is 18.2. The number of allylic oxidation sites excluding steroid dienone is 1. The molecule has 0 fully saturated rings. The summed E-state index contributed by atoms with van der Waals surface area (Å²) in [5, 5.41) is 5.53. The van der Waals surface area contributed by atoms with Crippen LogP contribution in [0.3, 0.4) is 0 Å². The minimum atomic E-state index is -0.661. The maximum absolute atomic E-state index is 13.3. The number of rotatable bonds is 7. The predicted octanol–water partition coefficient (Wildman–Crippen LogP) is 4.92. The Hall–Kier alpha value is -4.13. The molecule has 33 heavy (non-hydrogen) atoms. The number of nitrogens with one attached hydrogen (secondary N) is 2. The van der Waals surface area contributed by atoms with Crippen molar-refractivity contribution in [3.63, 3.8) is 0 Å². The summed E-state index contributed by atoms with van der Waals surface area (Å²) >= 11 is 0. The molecule has 3 aromatic carbocycles. The van der Waals surface area contributed by atoms with Crippen molar-refractivity contribution in [2.24, 2.45) is 0 Å². The van der Waals surface area contributed by atoms with Gasteiger partial charge in [-0.25, -0.2) is 9.18 Å². The second kappa shape index (κ2) is 9.56. The quantitative estimate of drug-likeness (QED) is 0.505. The number of Topliss-reactive ketones (excluding diaryl/α,β-unsaturated/α-hetero) is 1. The molecule has 2 amide bonds. The molecule has 1 heterocycles. The number of ketones is 1. The lowest BCUT2D eigenvalue weighted by Crippen LogP contribution is -2.45. The molecule has 1 atom stereocenters. The number of amides is 2. The SMILES string of the molecule is COc1cc([C@H]2NC(=O)NC(C)=C2C(=O)c2ccccc2)ccc1OCc1ccc(F)cc1. The summed E-state index contributed by atoms with van der Waals surface area (Å²) in [5.74, 6) is 0.448. The van der Waals surface area contributed by atoms with E-state index in [1.165, 1.54) is 19.2 Å². The van der Waals surface area contributed by atoms with Crippen LogP contribution >= 0.6 is 0 Å². The van der Waals surface area contributed by atoms with E-state index >= 15 is 0 Å². The average Bonchev–Trinajstić information content (AvgIpc) is 2.83. The van der Waals surface area contributed by atoms with Gasteiger partial charge in [-0.2, -0.15) is 0 Å². The van der Waals surface area contributed by atoms with Gasteiger partial charge in [-0.1, -0.05) is 48.5 Å². The van der Waals surface area contributed by atoms with Gasteiger partial charge >= 0.3 is 6.03 Å². The first kappa shape index (κ1) is 22.1. The van der Waals surface area contributed by atoms with Crippen LogP contribution in [-0.2, 0) is 6.61 Å². The Kier molecular flexibility index (Phi) is 6.40. The molecule has 7 heteroatoms. The van der Waals surface area contributed by atoms with Crippen molar-refractivity contribution in [1.29, 1.82) is 0 Å². The summed E-state index contributed by atoms with van der Waals surface area (Å²) in [4.78, 5) is 25.5. The predicted molar refractivity (Wildman–Crippen MR) is 122 cm³/mol. The van der Waals surface area contributed by atoms with E-state index < -0.39 is 12.1 Å². The molecule has 3 aromatic rings. The van der Waals surface area contributed by atoms with Gasteiger partial charge in [-0.15, -0.1) is 0 Å². The van der Waals surface area contributed by atoms with Crippen LogP contribution in [0.5, 0.6) is 11.5 Å². The zero-order valence-electron chi connectivity index (χ0n) is 18.2. The topological polar surface area (TPSA) is 76.7 Å². The van der Waals surface area contributed by atoms with E-state index in [1.54, 1.807) is 61.5 Å². The van der Waals surface area contributed by atoms with E-state index in [4.69, 9.17) is 9.47 Å². The van der Waals surface area contributed by atoms with Crippen molar-refractivity contribution in [3.05, 3.63) is 107 Å². The first-order valence-corrected chi connectivity index (χ1v) is 10.4. The normalized spacial score (nSPS) is 15.5. The van der Waals surface area contributed by atoms with Gasteiger partial charge in [0, 0.05) is 16.8 Å². The van der Waals surface area contributed by atoms with Gasteiger partial charge < -0.3 is 20.1 Å². The van der Waals surface area contributed by atoms with E-state index in [1.807, 2.05) is 6.07 Å². The van der Waals surface area contributed by atoms with Crippen molar-refractivity contribution in [2.75, 3.05) is 7.11 Å². The van der Waals surface area contributed by atoms with Crippen LogP contribution in [0.2, 0.25) is 0 Å². The summed E-state index contributed by atoms with van der Waals surface area (Å²) in [6, 6.07) is 19.1. The molecule has 2 N–H and O–H groups in total. The van der Waals surface area contributed by atoms with Crippen molar-refractivity contribution in [1.82, 2.24) is 10.6 Å². The molecule has 0 aromatic heterocycles. The van der Waals surface area contributed by atoms with Crippen LogP contribution in [0, 0.1) is 5.82 Å². The lowest BCUT2D eigenvalue weighted by atomic mass is 9.89. The molecule has 0 bridgehead atoms. The zero-order chi connectivity index (χ0) is 23.4. The highest BCUT2D eigenvalue weighted by atomic mass is 19.1. The first-order valence-electron chi connectivity index (χ1n) is 10.4. The van der Waals surface area contributed by atoms with E-state index in [0.29, 0.717) is 33.9 Å². The lowest BCUT2D eigenvalue weighted by molar-refractivity contribution is 0.102. The van der Waals surface area contributed by atoms with Crippen LogP contribution in [0.4, 0.5) is 9.18 Å². The lowest BCUT2D eigenvalue weighted by Gasteiger charge is -2.29. The minimum Gasteiger partial charge on any atom is -0.493 e. The third-order valence-electron chi connectivity index (χ3n) is 5.38. The summed E-state index contributed by atoms with van der Waals surface area (Å²) in [6.45, 7) is 1.94. The third kappa shape index (κ3) is 4.87. The van der Waals surface area contributed by atoms with Crippen LogP contribution in [0.15, 0.2) is 84.1 Å². The molecule has 4 rings (SSSR count). The summed E-state index contributed by atoms with van der Waals surface area (Å²) in [5.41, 5.74) is 2.95. The van der Waals surface area contributed by atoms with Gasteiger partial charge in [0.2, 0.25) is 0 Å². The highest BCUT2D eigenvalue weighted by Crippen LogP contribution is 2.35. The van der Waals surface area contributed by atoms with Crippen LogP contribution in [0.25, 0.3) is 0 Å². The average molecular weight is 446 g/mol. The van der Waals surface area contributed by atoms with E-state index in [-0.39, 0.29) is 18.2 Å². The van der Waals surface area contributed by atoms with Gasteiger partial charge in [0.05, 0.1) is 13.2 Å².